The molecule has 0 unspecified atom stereocenters. The number of hydrogen-bond donors (Lipinski definition) is 1. The Bertz CT molecular complexity index is 1020. The molecule has 1 heterocycles. The number of halogens is 4. The maximum absolute atomic E-state index is 12.7. The summed E-state index contributed by atoms with van der Waals surface area (Å²) < 4.78 is 44.1. The van der Waals surface area contributed by atoms with Gasteiger partial charge in [0, 0.05) is 5.56 Å². The lowest BCUT2D eigenvalue weighted by Gasteiger charge is -2.14. The third-order valence-electron chi connectivity index (χ3n) is 3.79. The number of alkyl halides is 3. The average molecular weight is 440 g/mol. The Morgan fingerprint density at radius 2 is 1.89 bits per heavy atom. The molecule has 0 radical (unpaired) electrons. The molecule has 2 aromatic carbocycles. The lowest BCUT2D eigenvalue weighted by atomic mass is 10.0. The van der Waals surface area contributed by atoms with Gasteiger partial charge in [-0.05, 0) is 46.6 Å². The van der Waals surface area contributed by atoms with Crippen LogP contribution in [0.2, 0.25) is 0 Å². The second-order valence-electron chi connectivity index (χ2n) is 5.62. The number of ether oxygens (including phenoxy) is 1. The van der Waals surface area contributed by atoms with Crippen molar-refractivity contribution >= 4 is 21.8 Å². The van der Waals surface area contributed by atoms with Crippen LogP contribution >= 0.6 is 15.9 Å². The summed E-state index contributed by atoms with van der Waals surface area (Å²) in [5.74, 6) is -0.998. The third-order valence-corrected chi connectivity index (χ3v) is 4.74. The van der Waals surface area contributed by atoms with Crippen LogP contribution in [0.3, 0.4) is 0 Å². The summed E-state index contributed by atoms with van der Waals surface area (Å²) in [5, 5.41) is 4.18. The zero-order chi connectivity index (χ0) is 19.8. The van der Waals surface area contributed by atoms with Crippen LogP contribution < -0.4 is 10.5 Å². The van der Waals surface area contributed by atoms with Crippen molar-refractivity contribution in [3.63, 3.8) is 0 Å². The molecule has 0 spiro atoms. The van der Waals surface area contributed by atoms with E-state index in [0.29, 0.717) is 21.4 Å². The number of nitrogens with zero attached hydrogens (tertiary/aromatic N) is 2. The van der Waals surface area contributed by atoms with Crippen molar-refractivity contribution in [1.29, 1.82) is 0 Å². The van der Waals surface area contributed by atoms with E-state index in [1.54, 1.807) is 37.3 Å². The lowest BCUT2D eigenvalue weighted by molar-refractivity contribution is -0.274. The van der Waals surface area contributed by atoms with E-state index in [0.717, 1.165) is 0 Å². The van der Waals surface area contributed by atoms with Crippen LogP contribution in [0.5, 0.6) is 5.75 Å². The van der Waals surface area contributed by atoms with Crippen molar-refractivity contribution in [3.8, 4) is 22.6 Å². The van der Waals surface area contributed by atoms with E-state index in [1.807, 2.05) is 0 Å². The fourth-order valence-electron chi connectivity index (χ4n) is 2.62. The maximum Gasteiger partial charge on any atom is 0.573 e. The van der Waals surface area contributed by atoms with Gasteiger partial charge in [-0.3, -0.25) is 4.79 Å². The van der Waals surface area contributed by atoms with Crippen LogP contribution in [-0.4, -0.2) is 22.1 Å². The number of para-hydroxylation sites is 1. The average Bonchev–Trinajstić information content (AvgIpc) is 2.90. The van der Waals surface area contributed by atoms with Crippen LogP contribution in [0.4, 0.5) is 13.2 Å². The highest BCUT2D eigenvalue weighted by Gasteiger charge is 2.32. The number of nitrogens with two attached hydrogens (primary N) is 1. The number of aromatic nitrogens is 2. The molecule has 0 bridgehead atoms. The maximum atomic E-state index is 12.7. The summed E-state index contributed by atoms with van der Waals surface area (Å²) >= 11 is 3.28. The summed E-state index contributed by atoms with van der Waals surface area (Å²) in [6.45, 7) is 1.73. The number of primary amides is 1. The van der Waals surface area contributed by atoms with Gasteiger partial charge < -0.3 is 10.5 Å². The molecule has 3 aromatic rings. The summed E-state index contributed by atoms with van der Waals surface area (Å²) in [4.78, 5) is 11.5. The van der Waals surface area contributed by atoms with Crippen LogP contribution in [-0.2, 0) is 0 Å². The predicted molar refractivity (Wildman–Crippen MR) is 96.6 cm³/mol. The molecule has 0 aliphatic rings. The molecule has 0 atom stereocenters. The number of carbonyl (C=O) groups is 1. The highest BCUT2D eigenvalue weighted by molar-refractivity contribution is 9.10. The number of carbonyl (C=O) groups excluding carboxylic acids is 1. The first-order chi connectivity index (χ1) is 12.7. The number of hydrogen-bond acceptors (Lipinski definition) is 3. The molecule has 140 valence electrons. The Morgan fingerprint density at radius 3 is 2.52 bits per heavy atom. The van der Waals surface area contributed by atoms with Crippen LogP contribution in [0.15, 0.2) is 53.0 Å². The van der Waals surface area contributed by atoms with Gasteiger partial charge in [-0.2, -0.15) is 5.10 Å². The predicted octanol–water partition coefficient (Wildman–Crippen LogP) is 4.61. The Hall–Kier alpha value is -2.81. The summed E-state index contributed by atoms with van der Waals surface area (Å²) in [6.07, 6.45) is -4.80. The molecule has 2 N–H and O–H groups in total. The van der Waals surface area contributed by atoms with E-state index >= 15 is 0 Å². The lowest BCUT2D eigenvalue weighted by Crippen LogP contribution is -2.17. The first kappa shape index (κ1) is 19.0. The normalized spacial score (nSPS) is 11.4. The molecule has 27 heavy (non-hydrogen) atoms. The highest BCUT2D eigenvalue weighted by atomic mass is 79.9. The Balaban J connectivity index is 2.09. The molecule has 9 heteroatoms. The second kappa shape index (κ2) is 7.07. The fourth-order valence-corrected chi connectivity index (χ4v) is 3.06. The molecular formula is C18H13BrF3N3O2. The Kier molecular flexibility index (Phi) is 4.97. The van der Waals surface area contributed by atoms with E-state index in [2.05, 4.69) is 25.8 Å². The van der Waals surface area contributed by atoms with Gasteiger partial charge in [-0.15, -0.1) is 13.2 Å². The minimum absolute atomic E-state index is 0.0682. The molecule has 0 aliphatic carbocycles. The van der Waals surface area contributed by atoms with E-state index < -0.39 is 12.3 Å². The van der Waals surface area contributed by atoms with Gasteiger partial charge >= 0.3 is 6.36 Å². The van der Waals surface area contributed by atoms with Crippen molar-refractivity contribution < 1.29 is 22.7 Å². The summed E-state index contributed by atoms with van der Waals surface area (Å²) in [6, 6.07) is 12.6. The molecule has 0 aliphatic heterocycles. The molecular weight excluding hydrogens is 427 g/mol. The smallest absolute Gasteiger partial charge is 0.405 e. The van der Waals surface area contributed by atoms with Crippen LogP contribution in [0, 0.1) is 6.92 Å². The number of benzene rings is 2. The summed E-state index contributed by atoms with van der Waals surface area (Å²) in [7, 11) is 0. The van der Waals surface area contributed by atoms with Crippen molar-refractivity contribution in [2.75, 3.05) is 0 Å². The molecule has 5 nitrogen and oxygen atoms in total. The van der Waals surface area contributed by atoms with Gasteiger partial charge in [0.05, 0.1) is 15.9 Å². The fraction of sp³-hybridized carbons (Fsp3) is 0.111. The molecule has 0 saturated carbocycles. The number of amides is 1. The van der Waals surface area contributed by atoms with E-state index in [-0.39, 0.29) is 17.0 Å². The van der Waals surface area contributed by atoms with Crippen LogP contribution in [0.25, 0.3) is 16.8 Å². The van der Waals surface area contributed by atoms with E-state index in [1.165, 1.54) is 22.9 Å². The van der Waals surface area contributed by atoms with Gasteiger partial charge in [0.2, 0.25) is 0 Å². The minimum atomic E-state index is -4.80. The largest absolute Gasteiger partial charge is 0.573 e. The topological polar surface area (TPSA) is 70.1 Å². The van der Waals surface area contributed by atoms with Gasteiger partial charge in [0.15, 0.2) is 5.69 Å². The van der Waals surface area contributed by atoms with E-state index in [9.17, 15) is 18.0 Å². The first-order valence-corrected chi connectivity index (χ1v) is 8.47. The summed E-state index contributed by atoms with van der Waals surface area (Å²) in [5.41, 5.74) is 7.33. The molecule has 0 saturated heterocycles. The quantitative estimate of drug-likeness (QED) is 0.645. The van der Waals surface area contributed by atoms with Gasteiger partial charge in [0.25, 0.3) is 5.91 Å². The number of rotatable bonds is 4. The van der Waals surface area contributed by atoms with Crippen LogP contribution in [0.1, 0.15) is 16.2 Å². The zero-order valence-electron chi connectivity index (χ0n) is 13.9. The third kappa shape index (κ3) is 3.97. The molecule has 1 amide bonds. The Morgan fingerprint density at radius 1 is 1.19 bits per heavy atom. The Labute approximate surface area is 160 Å². The molecule has 1 aromatic heterocycles. The van der Waals surface area contributed by atoms with Crippen molar-refractivity contribution in [2.24, 2.45) is 5.73 Å². The van der Waals surface area contributed by atoms with Crippen molar-refractivity contribution in [2.45, 2.75) is 13.3 Å². The second-order valence-corrected chi connectivity index (χ2v) is 6.41. The molecule has 3 rings (SSSR count). The zero-order valence-corrected chi connectivity index (χ0v) is 15.5. The van der Waals surface area contributed by atoms with Crippen molar-refractivity contribution in [1.82, 2.24) is 9.78 Å². The molecule has 0 fully saturated rings. The van der Waals surface area contributed by atoms with Crippen molar-refractivity contribution in [3.05, 3.63) is 64.4 Å². The van der Waals surface area contributed by atoms with E-state index in [4.69, 9.17) is 5.73 Å². The standard InChI is InChI=1S/C18H13BrF3N3O2/c1-10-15(19)16(17(23)26)24-25(10)12-6-4-5-11(9-12)13-7-2-3-8-14(13)27-18(20,21)22/h2-9H,1H3,(H2,23,26). The van der Waals surface area contributed by atoms with Gasteiger partial charge in [-0.1, -0.05) is 30.3 Å². The van der Waals surface area contributed by atoms with Gasteiger partial charge in [-0.25, -0.2) is 4.68 Å². The monoisotopic (exact) mass is 439 g/mol. The minimum Gasteiger partial charge on any atom is -0.405 e. The SMILES string of the molecule is Cc1c(Br)c(C(N)=O)nn1-c1cccc(-c2ccccc2OC(F)(F)F)c1. The highest BCUT2D eigenvalue weighted by Crippen LogP contribution is 2.34. The van der Waals surface area contributed by atoms with Gasteiger partial charge in [0.1, 0.15) is 5.75 Å². The first-order valence-electron chi connectivity index (χ1n) is 7.68.